The molecule has 428 valence electrons. The van der Waals surface area contributed by atoms with Crippen LogP contribution in [0.25, 0.3) is 0 Å². The van der Waals surface area contributed by atoms with E-state index in [0.29, 0.717) is 128 Å². The third-order valence-electron chi connectivity index (χ3n) is 14.5. The van der Waals surface area contributed by atoms with Gasteiger partial charge in [-0.05, 0) is 52.2 Å². The maximum absolute atomic E-state index is 13.8. The van der Waals surface area contributed by atoms with E-state index in [1.807, 2.05) is 35.9 Å². The van der Waals surface area contributed by atoms with E-state index in [-0.39, 0.29) is 88.2 Å². The zero-order chi connectivity index (χ0) is 55.5. The summed E-state index contributed by atoms with van der Waals surface area (Å²) >= 11 is 0. The largest absolute Gasteiger partial charge is 0.493 e. The Hall–Kier alpha value is -6.78. The van der Waals surface area contributed by atoms with E-state index in [4.69, 9.17) is 57.3 Å². The number of amides is 3. The Morgan fingerprint density at radius 2 is 1.38 bits per heavy atom. The molecule has 2 aromatic carbocycles. The molecule has 3 fully saturated rings. The van der Waals surface area contributed by atoms with Gasteiger partial charge in [0.1, 0.15) is 25.6 Å². The standard InChI is InChI=1S/C58H77N7O14/c1-6-40-26-44-34-59-49-32-53(51(70-4)30-47(49)57(68)64(44)36-40)78-38-42-28-46(29-43(61-42)39-79-54-33-50-48(31-52(54)71-5)58(69)65-37-41(7-2)27-45(65)35-60-50)77-21-16-63(12-9-10-56(67)76-8-3)55(66)11-17-72-22-24-75-25-23-74-20-15-62-13-18-73-19-14-62/h6-7,28-34,44-45,60H,8-27,35-39H2,1-5H3/b40-6+,41-7+/t44-,45-/m0/s1. The highest BCUT2D eigenvalue weighted by Crippen LogP contribution is 2.40. The van der Waals surface area contributed by atoms with Gasteiger partial charge in [-0.25, -0.2) is 0 Å². The monoisotopic (exact) mass is 1100 g/mol. The van der Waals surface area contributed by atoms with Crippen molar-refractivity contribution in [1.29, 1.82) is 0 Å². The molecule has 5 aliphatic heterocycles. The average Bonchev–Trinajstić information content (AvgIpc) is 4.16. The Morgan fingerprint density at radius 3 is 2.08 bits per heavy atom. The van der Waals surface area contributed by atoms with Gasteiger partial charge in [-0.2, -0.15) is 0 Å². The van der Waals surface area contributed by atoms with Crippen molar-refractivity contribution >= 4 is 41.3 Å². The zero-order valence-electron chi connectivity index (χ0n) is 46.4. The van der Waals surface area contributed by atoms with E-state index in [2.05, 4.69) is 16.3 Å². The minimum absolute atomic E-state index is 0.0229. The number of allylic oxidation sites excluding steroid dienone is 2. The topological polar surface area (TPSA) is 211 Å². The molecule has 0 unspecified atom stereocenters. The number of hydrogen-bond acceptors (Lipinski definition) is 18. The third-order valence-corrected chi connectivity index (χ3v) is 14.5. The number of carbonyl (C=O) groups is 4. The second-order valence-corrected chi connectivity index (χ2v) is 19.7. The number of anilines is 1. The summed E-state index contributed by atoms with van der Waals surface area (Å²) < 4.78 is 58.5. The van der Waals surface area contributed by atoms with Crippen LogP contribution in [0.5, 0.6) is 28.7 Å². The van der Waals surface area contributed by atoms with Gasteiger partial charge in [0.25, 0.3) is 11.8 Å². The number of aromatic nitrogens is 1. The van der Waals surface area contributed by atoms with Gasteiger partial charge in [0.05, 0.1) is 133 Å². The Morgan fingerprint density at radius 1 is 0.734 bits per heavy atom. The minimum Gasteiger partial charge on any atom is -0.493 e. The number of pyridine rings is 1. The average molecular weight is 1100 g/mol. The maximum Gasteiger partial charge on any atom is 0.305 e. The summed E-state index contributed by atoms with van der Waals surface area (Å²) in [6.45, 7) is 15.0. The molecule has 3 saturated heterocycles. The van der Waals surface area contributed by atoms with Crippen molar-refractivity contribution in [2.45, 2.75) is 78.2 Å². The van der Waals surface area contributed by atoms with Crippen molar-refractivity contribution in [2.24, 2.45) is 4.99 Å². The first kappa shape index (κ1) is 58.4. The Balaban J connectivity index is 0.930. The molecule has 79 heavy (non-hydrogen) atoms. The number of hydrogen-bond donors (Lipinski definition) is 1. The van der Waals surface area contributed by atoms with Crippen molar-refractivity contribution in [2.75, 3.05) is 138 Å². The Kier molecular flexibility index (Phi) is 21.8. The van der Waals surface area contributed by atoms with Crippen LogP contribution in [0, 0.1) is 0 Å². The lowest BCUT2D eigenvalue weighted by molar-refractivity contribution is -0.144. The maximum atomic E-state index is 13.8. The van der Waals surface area contributed by atoms with Gasteiger partial charge in [-0.15, -0.1) is 0 Å². The molecule has 8 rings (SSSR count). The molecule has 0 aliphatic carbocycles. The van der Waals surface area contributed by atoms with Crippen molar-refractivity contribution in [3.63, 3.8) is 0 Å². The molecular formula is C58H77N7O14. The van der Waals surface area contributed by atoms with Gasteiger partial charge >= 0.3 is 5.97 Å². The van der Waals surface area contributed by atoms with E-state index in [1.165, 1.54) is 25.4 Å². The number of nitrogens with zero attached hydrogens (tertiary/aromatic N) is 6. The lowest BCUT2D eigenvalue weighted by atomic mass is 10.1. The molecule has 0 bridgehead atoms. The molecule has 0 spiro atoms. The molecular weight excluding hydrogens is 1020 g/mol. The third kappa shape index (κ3) is 16.0. The summed E-state index contributed by atoms with van der Waals surface area (Å²) in [5, 5.41) is 3.47. The fourth-order valence-corrected chi connectivity index (χ4v) is 10.1. The van der Waals surface area contributed by atoms with E-state index < -0.39 is 0 Å². The Labute approximate surface area is 463 Å². The molecule has 3 amide bonds. The van der Waals surface area contributed by atoms with E-state index >= 15 is 0 Å². The van der Waals surface area contributed by atoms with Crippen molar-refractivity contribution in [3.8, 4) is 28.7 Å². The van der Waals surface area contributed by atoms with Crippen LogP contribution >= 0.6 is 0 Å². The molecule has 6 heterocycles. The van der Waals surface area contributed by atoms with Gasteiger partial charge < -0.3 is 67.4 Å². The molecule has 3 aromatic rings. The van der Waals surface area contributed by atoms with Crippen LogP contribution < -0.4 is 29.0 Å². The number of ether oxygens (including phenoxy) is 10. The van der Waals surface area contributed by atoms with Crippen molar-refractivity contribution in [3.05, 3.63) is 82.2 Å². The van der Waals surface area contributed by atoms with Crippen LogP contribution in [-0.2, 0) is 46.5 Å². The number of aliphatic imine (C=N–C) groups is 1. The van der Waals surface area contributed by atoms with Gasteiger partial charge in [0, 0.05) is 82.7 Å². The molecule has 0 saturated carbocycles. The highest BCUT2D eigenvalue weighted by Gasteiger charge is 2.37. The first-order valence-corrected chi connectivity index (χ1v) is 27.5. The number of rotatable bonds is 29. The molecule has 21 heteroatoms. The lowest BCUT2D eigenvalue weighted by Gasteiger charge is -2.26. The number of methoxy groups -OCH3 is 2. The second kappa shape index (κ2) is 29.4. The minimum atomic E-state index is -0.330. The van der Waals surface area contributed by atoms with Gasteiger partial charge in [-0.3, -0.25) is 34.1 Å². The molecule has 21 nitrogen and oxygen atoms in total. The van der Waals surface area contributed by atoms with E-state index in [1.54, 1.807) is 48.2 Å². The summed E-state index contributed by atoms with van der Waals surface area (Å²) in [4.78, 5) is 71.0. The van der Waals surface area contributed by atoms with Gasteiger partial charge in [-0.1, -0.05) is 23.3 Å². The normalized spacial score (nSPS) is 18.8. The summed E-state index contributed by atoms with van der Waals surface area (Å²) in [7, 11) is 3.05. The predicted molar refractivity (Wildman–Crippen MR) is 294 cm³/mol. The molecule has 0 radical (unpaired) electrons. The van der Waals surface area contributed by atoms with Crippen LogP contribution in [0.2, 0.25) is 0 Å². The quantitative estimate of drug-likeness (QED) is 0.0477. The van der Waals surface area contributed by atoms with Crippen LogP contribution in [0.15, 0.2) is 64.7 Å². The summed E-state index contributed by atoms with van der Waals surface area (Å²) in [6.07, 6.45) is 8.16. The van der Waals surface area contributed by atoms with E-state index in [0.717, 1.165) is 45.7 Å². The number of morpholine rings is 1. The zero-order valence-corrected chi connectivity index (χ0v) is 46.4. The van der Waals surface area contributed by atoms with Crippen molar-refractivity contribution < 1.29 is 66.5 Å². The Bertz CT molecular complexity index is 2670. The fraction of sp³-hybridized carbons (Fsp3) is 0.552. The summed E-state index contributed by atoms with van der Waals surface area (Å²) in [5.74, 6) is 1.26. The van der Waals surface area contributed by atoms with Gasteiger partial charge in [0.2, 0.25) is 5.91 Å². The molecule has 2 atom stereocenters. The molecule has 1 N–H and O–H groups in total. The van der Waals surface area contributed by atoms with Crippen LogP contribution in [-0.4, -0.2) is 199 Å². The highest BCUT2D eigenvalue weighted by molar-refractivity contribution is 6.04. The van der Waals surface area contributed by atoms with Crippen LogP contribution in [0.1, 0.15) is 85.0 Å². The first-order chi connectivity index (χ1) is 38.6. The molecule has 1 aromatic heterocycles. The number of benzene rings is 2. The van der Waals surface area contributed by atoms with Crippen LogP contribution in [0.3, 0.4) is 0 Å². The predicted octanol–water partition coefficient (Wildman–Crippen LogP) is 6.04. The van der Waals surface area contributed by atoms with Crippen LogP contribution in [0.4, 0.5) is 11.4 Å². The smallest absolute Gasteiger partial charge is 0.305 e. The molecule has 5 aliphatic rings. The summed E-state index contributed by atoms with van der Waals surface area (Å²) in [5.41, 5.74) is 5.42. The van der Waals surface area contributed by atoms with Crippen molar-refractivity contribution in [1.82, 2.24) is 24.6 Å². The first-order valence-electron chi connectivity index (χ1n) is 27.5. The number of nitrogens with one attached hydrogen (secondary N) is 1. The number of fused-ring (bicyclic) bond motifs is 4. The SMILES string of the molecule is C/C=C1\C[C@H]2CNc3cc(OCc4cc(OCCN(CCCC(=O)OCC)C(=O)CCOCCOCCOCCN5CCOCC5)cc(COc5cc6c(cc5OC)C(=O)N5C/C(=C/C)C[C@H]5C=N6)n4)c(OC)cc3C(=O)N2C1. The van der Waals surface area contributed by atoms with Gasteiger partial charge in [0.15, 0.2) is 23.0 Å². The number of carbonyl (C=O) groups excluding carboxylic acids is 4. The highest BCUT2D eigenvalue weighted by atomic mass is 16.5. The second-order valence-electron chi connectivity index (χ2n) is 19.7. The van der Waals surface area contributed by atoms with E-state index in [9.17, 15) is 19.2 Å². The number of esters is 1. The lowest BCUT2D eigenvalue weighted by Crippen LogP contribution is -2.38. The summed E-state index contributed by atoms with van der Waals surface area (Å²) in [6, 6.07) is 10.3. The fourth-order valence-electron chi connectivity index (χ4n) is 10.1.